The maximum atomic E-state index is 13.0. The van der Waals surface area contributed by atoms with Crippen LogP contribution >= 0.6 is 0 Å². The standard InChI is InChI=1S/C23H28F3N5O4/c1-13(2)12-30-20-14(3-6-17(32)29-9-7-15(8-10-29)23(24,25)26)11-27-31(20)22(35)18(21(30)34)19(33)28-16-4-5-16/h3,6,11,13,15-16,34H,4-5,7-10,12H2,1-2H3,(H,28,33)/b6-3+. The molecule has 2 aromatic heterocycles. The highest BCUT2D eigenvalue weighted by molar-refractivity contribution is 5.97. The molecule has 0 atom stereocenters. The molecule has 2 amide bonds. The Morgan fingerprint density at radius 3 is 2.46 bits per heavy atom. The number of likely N-dealkylation sites (tertiary alicyclic amines) is 1. The van der Waals surface area contributed by atoms with Crippen LogP contribution in [0.5, 0.6) is 5.88 Å². The van der Waals surface area contributed by atoms with E-state index in [-0.39, 0.29) is 50.1 Å². The van der Waals surface area contributed by atoms with Gasteiger partial charge in [0.1, 0.15) is 5.65 Å². The number of carbonyl (C=O) groups is 2. The molecule has 3 heterocycles. The van der Waals surface area contributed by atoms with Crippen LogP contribution in [0, 0.1) is 11.8 Å². The minimum Gasteiger partial charge on any atom is -0.494 e. The van der Waals surface area contributed by atoms with E-state index in [1.807, 2.05) is 13.8 Å². The first-order valence-electron chi connectivity index (χ1n) is 11.7. The summed E-state index contributed by atoms with van der Waals surface area (Å²) in [6, 6.07) is -0.0149. The van der Waals surface area contributed by atoms with E-state index in [4.69, 9.17) is 0 Å². The topological polar surface area (TPSA) is 109 Å². The minimum atomic E-state index is -4.27. The molecule has 2 fully saturated rings. The van der Waals surface area contributed by atoms with Gasteiger partial charge in [0.15, 0.2) is 5.56 Å². The quantitative estimate of drug-likeness (QED) is 0.599. The van der Waals surface area contributed by atoms with Gasteiger partial charge in [0.25, 0.3) is 11.5 Å². The van der Waals surface area contributed by atoms with E-state index in [1.165, 1.54) is 27.8 Å². The molecule has 0 spiro atoms. The van der Waals surface area contributed by atoms with Gasteiger partial charge in [0, 0.05) is 37.3 Å². The molecule has 12 heteroatoms. The molecule has 1 aliphatic heterocycles. The summed E-state index contributed by atoms with van der Waals surface area (Å²) in [4.78, 5) is 39.6. The first-order chi connectivity index (χ1) is 16.5. The van der Waals surface area contributed by atoms with Crippen LogP contribution in [-0.2, 0) is 11.3 Å². The molecule has 4 rings (SSSR count). The maximum absolute atomic E-state index is 13.0. The Balaban J connectivity index is 1.63. The first-order valence-corrected chi connectivity index (χ1v) is 11.7. The van der Waals surface area contributed by atoms with E-state index in [9.17, 15) is 32.7 Å². The number of alkyl halides is 3. The van der Waals surface area contributed by atoms with Crippen molar-refractivity contribution in [3.05, 3.63) is 33.8 Å². The van der Waals surface area contributed by atoms with Gasteiger partial charge in [-0.3, -0.25) is 19.0 Å². The molecule has 2 aliphatic rings. The van der Waals surface area contributed by atoms with Crippen LogP contribution in [0.15, 0.2) is 17.1 Å². The molecule has 1 saturated carbocycles. The summed E-state index contributed by atoms with van der Waals surface area (Å²) in [5.74, 6) is -2.97. The Hall–Kier alpha value is -3.31. The molecular formula is C23H28F3N5O4. The van der Waals surface area contributed by atoms with Crippen molar-refractivity contribution in [1.29, 1.82) is 0 Å². The predicted octanol–water partition coefficient (Wildman–Crippen LogP) is 2.56. The molecule has 0 radical (unpaired) electrons. The van der Waals surface area contributed by atoms with Gasteiger partial charge >= 0.3 is 6.18 Å². The smallest absolute Gasteiger partial charge is 0.391 e. The number of hydrogen-bond acceptors (Lipinski definition) is 5. The summed E-state index contributed by atoms with van der Waals surface area (Å²) >= 11 is 0. The Morgan fingerprint density at radius 2 is 1.89 bits per heavy atom. The maximum Gasteiger partial charge on any atom is 0.391 e. The van der Waals surface area contributed by atoms with Crippen molar-refractivity contribution < 1.29 is 27.9 Å². The number of hydrogen-bond donors (Lipinski definition) is 2. The number of piperidine rings is 1. The van der Waals surface area contributed by atoms with E-state index < -0.39 is 40.9 Å². The van der Waals surface area contributed by atoms with Crippen LogP contribution in [-0.4, -0.2) is 61.3 Å². The second-order valence-electron chi connectivity index (χ2n) is 9.57. The van der Waals surface area contributed by atoms with Crippen LogP contribution in [0.25, 0.3) is 11.7 Å². The number of fused-ring (bicyclic) bond motifs is 1. The van der Waals surface area contributed by atoms with Gasteiger partial charge in [-0.05, 0) is 37.7 Å². The number of nitrogens with zero attached hydrogens (tertiary/aromatic N) is 4. The average molecular weight is 496 g/mol. The van der Waals surface area contributed by atoms with Gasteiger partial charge in [0.2, 0.25) is 11.8 Å². The minimum absolute atomic E-state index is 0.000418. The lowest BCUT2D eigenvalue weighted by molar-refractivity contribution is -0.186. The van der Waals surface area contributed by atoms with Gasteiger partial charge in [-0.2, -0.15) is 22.8 Å². The summed E-state index contributed by atoms with van der Waals surface area (Å²) in [6.45, 7) is 4.07. The summed E-state index contributed by atoms with van der Waals surface area (Å²) < 4.78 is 41.1. The number of nitrogens with one attached hydrogen (secondary N) is 1. The number of aromatic nitrogens is 3. The fraction of sp³-hybridized carbons (Fsp3) is 0.565. The Bertz CT molecular complexity index is 1220. The Labute approximate surface area is 199 Å². The molecule has 0 unspecified atom stereocenters. The number of rotatable bonds is 6. The predicted molar refractivity (Wildman–Crippen MR) is 121 cm³/mol. The Morgan fingerprint density at radius 1 is 1.23 bits per heavy atom. The SMILES string of the molecule is CC(C)Cn1c(O)c(C(=O)NC2CC2)c(=O)n2ncc(/C=C/C(=O)N3CCC(C(F)(F)F)CC3)c12. The van der Waals surface area contributed by atoms with Crippen molar-refractivity contribution in [2.24, 2.45) is 11.8 Å². The second-order valence-corrected chi connectivity index (χ2v) is 9.57. The summed E-state index contributed by atoms with van der Waals surface area (Å²) in [5.41, 5.74) is -0.613. The zero-order valence-corrected chi connectivity index (χ0v) is 19.5. The Kier molecular flexibility index (Phi) is 6.65. The fourth-order valence-corrected chi connectivity index (χ4v) is 4.24. The molecule has 35 heavy (non-hydrogen) atoms. The average Bonchev–Trinajstić information content (AvgIpc) is 3.49. The summed E-state index contributed by atoms with van der Waals surface area (Å²) in [6.07, 6.45) is 1.05. The first kappa shape index (κ1) is 24.8. The molecule has 1 saturated heterocycles. The third-order valence-corrected chi connectivity index (χ3v) is 6.27. The third-order valence-electron chi connectivity index (χ3n) is 6.27. The normalized spacial score (nSPS) is 17.6. The zero-order chi connectivity index (χ0) is 25.5. The van der Waals surface area contributed by atoms with Crippen molar-refractivity contribution in [3.63, 3.8) is 0 Å². The second kappa shape index (κ2) is 9.38. The fourth-order valence-electron chi connectivity index (χ4n) is 4.24. The van der Waals surface area contributed by atoms with Gasteiger partial charge < -0.3 is 15.3 Å². The summed E-state index contributed by atoms with van der Waals surface area (Å²) in [7, 11) is 0. The highest BCUT2D eigenvalue weighted by Gasteiger charge is 2.41. The van der Waals surface area contributed by atoms with Crippen molar-refractivity contribution in [3.8, 4) is 5.88 Å². The van der Waals surface area contributed by atoms with Crippen molar-refractivity contribution in [2.45, 2.75) is 58.3 Å². The number of halogens is 3. The molecule has 0 aromatic carbocycles. The molecule has 0 bridgehead atoms. The largest absolute Gasteiger partial charge is 0.494 e. The van der Waals surface area contributed by atoms with E-state index in [2.05, 4.69) is 10.4 Å². The summed E-state index contributed by atoms with van der Waals surface area (Å²) in [5, 5.41) is 17.7. The van der Waals surface area contributed by atoms with E-state index >= 15 is 0 Å². The lowest BCUT2D eigenvalue weighted by atomic mass is 9.96. The van der Waals surface area contributed by atoms with Crippen molar-refractivity contribution in [2.75, 3.05) is 13.1 Å². The van der Waals surface area contributed by atoms with Gasteiger partial charge in [0.05, 0.1) is 12.1 Å². The molecule has 190 valence electrons. The van der Waals surface area contributed by atoms with E-state index in [0.717, 1.165) is 17.4 Å². The number of amides is 2. The zero-order valence-electron chi connectivity index (χ0n) is 19.5. The van der Waals surface area contributed by atoms with Crippen LogP contribution < -0.4 is 10.9 Å². The number of aromatic hydroxyl groups is 1. The monoisotopic (exact) mass is 495 g/mol. The van der Waals surface area contributed by atoms with Gasteiger partial charge in [-0.15, -0.1) is 0 Å². The highest BCUT2D eigenvalue weighted by atomic mass is 19.4. The van der Waals surface area contributed by atoms with Gasteiger partial charge in [-0.1, -0.05) is 13.8 Å². The molecule has 1 aliphatic carbocycles. The van der Waals surface area contributed by atoms with E-state index in [0.29, 0.717) is 5.56 Å². The van der Waals surface area contributed by atoms with Crippen molar-refractivity contribution in [1.82, 2.24) is 24.4 Å². The highest BCUT2D eigenvalue weighted by Crippen LogP contribution is 2.34. The van der Waals surface area contributed by atoms with Gasteiger partial charge in [-0.25, -0.2) is 0 Å². The molecule has 2 N–H and O–H groups in total. The third kappa shape index (κ3) is 5.20. The lowest BCUT2D eigenvalue weighted by Gasteiger charge is -2.32. The van der Waals surface area contributed by atoms with Crippen LogP contribution in [0.2, 0.25) is 0 Å². The van der Waals surface area contributed by atoms with Crippen LogP contribution in [0.3, 0.4) is 0 Å². The van der Waals surface area contributed by atoms with Crippen molar-refractivity contribution >= 4 is 23.5 Å². The number of carbonyl (C=O) groups excluding carboxylic acids is 2. The molecule has 9 nitrogen and oxygen atoms in total. The van der Waals surface area contributed by atoms with E-state index in [1.54, 1.807) is 0 Å². The van der Waals surface area contributed by atoms with Crippen LogP contribution in [0.4, 0.5) is 13.2 Å². The lowest BCUT2D eigenvalue weighted by Crippen LogP contribution is -2.41. The molecular weight excluding hydrogens is 467 g/mol. The molecule has 2 aromatic rings. The van der Waals surface area contributed by atoms with Crippen LogP contribution in [0.1, 0.15) is 55.5 Å².